The van der Waals surface area contributed by atoms with Crippen LogP contribution in [0.15, 0.2) is 45.6 Å². The van der Waals surface area contributed by atoms with Crippen LogP contribution in [0, 0.1) is 0 Å². The third-order valence-corrected chi connectivity index (χ3v) is 6.44. The van der Waals surface area contributed by atoms with Gasteiger partial charge in [-0.1, -0.05) is 11.6 Å². The van der Waals surface area contributed by atoms with Gasteiger partial charge in [0.05, 0.1) is 10.9 Å². The summed E-state index contributed by atoms with van der Waals surface area (Å²) in [6.07, 6.45) is -0.539. The minimum absolute atomic E-state index is 0.285. The zero-order chi connectivity index (χ0) is 21.8. The Hall–Kier alpha value is -2.39. The molecule has 0 unspecified atom stereocenters. The lowest BCUT2D eigenvalue weighted by Crippen LogP contribution is -2.45. The van der Waals surface area contributed by atoms with Crippen molar-refractivity contribution in [3.8, 4) is 0 Å². The molecule has 3 aromatic rings. The molecule has 0 spiro atoms. The molecule has 0 atom stereocenters. The number of ether oxygens (including phenoxy) is 1. The second-order valence-electron chi connectivity index (χ2n) is 7.41. The maximum absolute atomic E-state index is 12.1. The molecule has 0 saturated carbocycles. The minimum Gasteiger partial charge on any atom is -0.450 e. The van der Waals surface area contributed by atoms with E-state index in [1.54, 1.807) is 36.5 Å². The fourth-order valence-electron chi connectivity index (χ4n) is 3.73. The molecule has 3 heterocycles. The van der Waals surface area contributed by atoms with Gasteiger partial charge < -0.3 is 9.15 Å². The van der Waals surface area contributed by atoms with Crippen molar-refractivity contribution in [2.45, 2.75) is 20.0 Å². The normalized spacial score (nSPS) is 15.3. The minimum atomic E-state index is -0.539. The highest BCUT2D eigenvalue weighted by Crippen LogP contribution is 2.25. The van der Waals surface area contributed by atoms with E-state index in [0.717, 1.165) is 48.0 Å². The average Bonchev–Trinajstić information content (AvgIpc) is 3.14. The summed E-state index contributed by atoms with van der Waals surface area (Å²) in [6, 6.07) is 10.9. The fraction of sp³-hybridized carbons (Fsp3) is 0.364. The monoisotopic (exact) mass is 461 g/mol. The lowest BCUT2D eigenvalue weighted by Gasteiger charge is -2.34. The summed E-state index contributed by atoms with van der Waals surface area (Å²) in [6.45, 7) is 7.37. The maximum atomic E-state index is 12.1. The van der Waals surface area contributed by atoms with Crippen LogP contribution in [-0.4, -0.2) is 48.7 Å². The van der Waals surface area contributed by atoms with Gasteiger partial charge in [0, 0.05) is 67.4 Å². The number of nitrogens with zero attached hydrogens (tertiary/aromatic N) is 2. The van der Waals surface area contributed by atoms with Gasteiger partial charge >= 0.3 is 11.7 Å². The number of thiophene rings is 1. The molecule has 1 aliphatic rings. The Kier molecular flexibility index (Phi) is 6.92. The maximum Gasteiger partial charge on any atom is 0.411 e. The topological polar surface area (TPSA) is 75.0 Å². The van der Waals surface area contributed by atoms with Crippen LogP contribution in [0.3, 0.4) is 0 Å². The van der Waals surface area contributed by atoms with E-state index in [4.69, 9.17) is 20.8 Å². The molecule has 1 aliphatic heterocycles. The van der Waals surface area contributed by atoms with Gasteiger partial charge in [0.15, 0.2) is 0 Å². The SMILES string of the molecule is CCOC(=O)Nc1ccc2c(CN3CCN(Cc4ccc(Cl)s4)CC3)cc(=O)oc2c1. The second-order valence-corrected chi connectivity index (χ2v) is 9.20. The van der Waals surface area contributed by atoms with E-state index in [2.05, 4.69) is 21.2 Å². The first-order valence-electron chi connectivity index (χ1n) is 10.2. The van der Waals surface area contributed by atoms with E-state index in [1.165, 1.54) is 4.88 Å². The molecule has 31 heavy (non-hydrogen) atoms. The molecule has 1 saturated heterocycles. The molecule has 164 valence electrons. The number of fused-ring (bicyclic) bond motifs is 1. The molecule has 0 aliphatic carbocycles. The van der Waals surface area contributed by atoms with Gasteiger partial charge in [0.2, 0.25) is 0 Å². The number of amides is 1. The van der Waals surface area contributed by atoms with Crippen molar-refractivity contribution >= 4 is 45.7 Å². The van der Waals surface area contributed by atoms with Crippen LogP contribution in [-0.2, 0) is 17.8 Å². The van der Waals surface area contributed by atoms with Crippen molar-refractivity contribution < 1.29 is 13.9 Å². The third kappa shape index (κ3) is 5.65. The summed E-state index contributed by atoms with van der Waals surface area (Å²) in [5.74, 6) is 0. The summed E-state index contributed by atoms with van der Waals surface area (Å²) >= 11 is 7.66. The van der Waals surface area contributed by atoms with E-state index >= 15 is 0 Å². The number of nitrogens with one attached hydrogen (secondary N) is 1. The van der Waals surface area contributed by atoms with Crippen molar-refractivity contribution in [1.82, 2.24) is 9.80 Å². The molecular weight excluding hydrogens is 438 g/mol. The standard InChI is InChI=1S/C22H24ClN3O4S/c1-2-29-22(28)24-16-3-5-18-15(11-21(27)30-19(18)12-16)13-25-7-9-26(10-8-25)14-17-4-6-20(23)31-17/h3-6,11-12H,2,7-10,13-14H2,1H3,(H,24,28). The van der Waals surface area contributed by atoms with Crippen molar-refractivity contribution in [2.75, 3.05) is 38.1 Å². The number of piperazine rings is 1. The van der Waals surface area contributed by atoms with Gasteiger partial charge in [-0.3, -0.25) is 15.1 Å². The van der Waals surface area contributed by atoms with Crippen LogP contribution in [0.1, 0.15) is 17.4 Å². The van der Waals surface area contributed by atoms with Crippen molar-refractivity contribution in [3.05, 3.63) is 61.6 Å². The van der Waals surface area contributed by atoms with E-state index in [1.807, 2.05) is 12.1 Å². The number of rotatable bonds is 6. The molecular formula is C22H24ClN3O4S. The zero-order valence-electron chi connectivity index (χ0n) is 17.2. The predicted octanol–water partition coefficient (Wildman–Crippen LogP) is 4.39. The number of benzene rings is 1. The number of carbonyl (C=O) groups is 1. The molecule has 2 aromatic heterocycles. The Morgan fingerprint density at radius 1 is 1.13 bits per heavy atom. The Morgan fingerprint density at radius 2 is 1.87 bits per heavy atom. The number of halogens is 1. The zero-order valence-corrected chi connectivity index (χ0v) is 18.8. The predicted molar refractivity (Wildman–Crippen MR) is 123 cm³/mol. The summed E-state index contributed by atoms with van der Waals surface area (Å²) < 4.78 is 11.1. The Morgan fingerprint density at radius 3 is 2.55 bits per heavy atom. The van der Waals surface area contributed by atoms with Gasteiger partial charge in [-0.15, -0.1) is 11.3 Å². The molecule has 4 rings (SSSR count). The molecule has 1 amide bonds. The van der Waals surface area contributed by atoms with Crippen LogP contribution < -0.4 is 10.9 Å². The van der Waals surface area contributed by atoms with E-state index < -0.39 is 11.7 Å². The highest BCUT2D eigenvalue weighted by molar-refractivity contribution is 7.16. The first kappa shape index (κ1) is 21.8. The fourth-order valence-corrected chi connectivity index (χ4v) is 4.86. The molecule has 1 aromatic carbocycles. The Bertz CT molecular complexity index is 1120. The van der Waals surface area contributed by atoms with Gasteiger partial charge in [-0.2, -0.15) is 0 Å². The van der Waals surface area contributed by atoms with Crippen molar-refractivity contribution in [3.63, 3.8) is 0 Å². The van der Waals surface area contributed by atoms with Crippen molar-refractivity contribution in [2.24, 2.45) is 0 Å². The van der Waals surface area contributed by atoms with Crippen LogP contribution in [0.5, 0.6) is 0 Å². The molecule has 1 N–H and O–H groups in total. The smallest absolute Gasteiger partial charge is 0.411 e. The van der Waals surface area contributed by atoms with E-state index in [0.29, 0.717) is 17.8 Å². The summed E-state index contributed by atoms with van der Waals surface area (Å²) in [5, 5.41) is 3.50. The first-order chi connectivity index (χ1) is 15.0. The Balaban J connectivity index is 1.42. The molecule has 0 bridgehead atoms. The molecule has 0 radical (unpaired) electrons. The van der Waals surface area contributed by atoms with E-state index in [9.17, 15) is 9.59 Å². The average molecular weight is 462 g/mol. The summed E-state index contributed by atoms with van der Waals surface area (Å²) in [7, 11) is 0. The summed E-state index contributed by atoms with van der Waals surface area (Å²) in [5.41, 5.74) is 1.50. The van der Waals surface area contributed by atoms with Crippen molar-refractivity contribution in [1.29, 1.82) is 0 Å². The lowest BCUT2D eigenvalue weighted by atomic mass is 10.1. The second kappa shape index (κ2) is 9.82. The molecule has 9 heteroatoms. The van der Waals surface area contributed by atoms with E-state index in [-0.39, 0.29) is 6.61 Å². The van der Waals surface area contributed by atoms with Crippen LogP contribution in [0.2, 0.25) is 4.34 Å². The number of anilines is 1. The third-order valence-electron chi connectivity index (χ3n) is 5.22. The van der Waals surface area contributed by atoms with Crippen LogP contribution in [0.4, 0.5) is 10.5 Å². The molecule has 7 nitrogen and oxygen atoms in total. The first-order valence-corrected chi connectivity index (χ1v) is 11.4. The lowest BCUT2D eigenvalue weighted by molar-refractivity contribution is 0.123. The highest BCUT2D eigenvalue weighted by Gasteiger charge is 2.19. The van der Waals surface area contributed by atoms with Gasteiger partial charge in [0.25, 0.3) is 0 Å². The largest absolute Gasteiger partial charge is 0.450 e. The molecule has 1 fully saturated rings. The van der Waals surface area contributed by atoms with Crippen LogP contribution >= 0.6 is 22.9 Å². The highest BCUT2D eigenvalue weighted by atomic mass is 35.5. The Labute approximate surface area is 189 Å². The van der Waals surface area contributed by atoms with Gasteiger partial charge in [-0.05, 0) is 36.8 Å². The number of hydrogen-bond donors (Lipinski definition) is 1. The number of carbonyl (C=O) groups excluding carboxylic acids is 1. The summed E-state index contributed by atoms with van der Waals surface area (Å²) in [4.78, 5) is 29.8. The number of hydrogen-bond acceptors (Lipinski definition) is 7. The van der Waals surface area contributed by atoms with Gasteiger partial charge in [-0.25, -0.2) is 9.59 Å². The quantitative estimate of drug-likeness (QED) is 0.548. The van der Waals surface area contributed by atoms with Gasteiger partial charge in [0.1, 0.15) is 5.58 Å². The van der Waals surface area contributed by atoms with Crippen LogP contribution in [0.25, 0.3) is 11.0 Å².